The number of hydrogen-bond donors (Lipinski definition) is 1. The molecule has 0 spiro atoms. The molecule has 0 aliphatic carbocycles. The Hall–Kier alpha value is -3.03. The first-order chi connectivity index (χ1) is 12.4. The van der Waals surface area contributed by atoms with Gasteiger partial charge in [-0.3, -0.25) is 14.5 Å². The highest BCUT2D eigenvalue weighted by Gasteiger charge is 2.27. The normalized spacial score (nSPS) is 13.4. The molecular weight excluding hydrogens is 344 g/mol. The SMILES string of the molecule is Cc1cnc2c(c1)NC(=O)CN2C(=O)CCc1ccc(OC(F)F)cc1. The molecule has 0 saturated carbocycles. The van der Waals surface area contributed by atoms with E-state index >= 15 is 0 Å². The van der Waals surface area contributed by atoms with Gasteiger partial charge in [-0.25, -0.2) is 4.98 Å². The van der Waals surface area contributed by atoms with Gasteiger partial charge in [0.1, 0.15) is 12.3 Å². The van der Waals surface area contributed by atoms with Crippen molar-refractivity contribution in [2.24, 2.45) is 0 Å². The van der Waals surface area contributed by atoms with Crippen LogP contribution >= 0.6 is 0 Å². The lowest BCUT2D eigenvalue weighted by Crippen LogP contribution is -2.42. The monoisotopic (exact) mass is 361 g/mol. The van der Waals surface area contributed by atoms with Gasteiger partial charge < -0.3 is 10.1 Å². The topological polar surface area (TPSA) is 71.5 Å². The molecule has 1 aromatic heterocycles. The van der Waals surface area contributed by atoms with E-state index in [4.69, 9.17) is 0 Å². The molecule has 26 heavy (non-hydrogen) atoms. The van der Waals surface area contributed by atoms with Crippen LogP contribution in [0.5, 0.6) is 5.75 Å². The molecule has 0 saturated heterocycles. The number of anilines is 2. The highest BCUT2D eigenvalue weighted by Crippen LogP contribution is 2.28. The lowest BCUT2D eigenvalue weighted by atomic mass is 10.1. The summed E-state index contributed by atoms with van der Waals surface area (Å²) >= 11 is 0. The summed E-state index contributed by atoms with van der Waals surface area (Å²) in [4.78, 5) is 30.0. The summed E-state index contributed by atoms with van der Waals surface area (Å²) in [5.74, 6) is -0.00531. The molecule has 0 bridgehead atoms. The third kappa shape index (κ3) is 4.14. The zero-order chi connectivity index (χ0) is 18.7. The molecule has 136 valence electrons. The van der Waals surface area contributed by atoms with Crippen LogP contribution in [0.15, 0.2) is 36.5 Å². The number of aromatic nitrogens is 1. The van der Waals surface area contributed by atoms with Gasteiger partial charge in [0.2, 0.25) is 11.8 Å². The van der Waals surface area contributed by atoms with Crippen LogP contribution in [0.25, 0.3) is 0 Å². The first-order valence-corrected chi connectivity index (χ1v) is 8.03. The van der Waals surface area contributed by atoms with Crippen LogP contribution in [0.4, 0.5) is 20.3 Å². The Kier molecular flexibility index (Phi) is 5.11. The second-order valence-corrected chi connectivity index (χ2v) is 5.93. The van der Waals surface area contributed by atoms with E-state index in [-0.39, 0.29) is 30.5 Å². The zero-order valence-electron chi connectivity index (χ0n) is 14.0. The largest absolute Gasteiger partial charge is 0.435 e. The first-order valence-electron chi connectivity index (χ1n) is 8.03. The van der Waals surface area contributed by atoms with Crippen LogP contribution in [-0.4, -0.2) is 30.0 Å². The molecule has 8 heteroatoms. The van der Waals surface area contributed by atoms with Gasteiger partial charge in [0, 0.05) is 12.6 Å². The minimum atomic E-state index is -2.87. The van der Waals surface area contributed by atoms with Gasteiger partial charge in [-0.2, -0.15) is 8.78 Å². The Morgan fingerprint density at radius 2 is 2.08 bits per heavy atom. The van der Waals surface area contributed by atoms with Crippen LogP contribution in [0.2, 0.25) is 0 Å². The second kappa shape index (κ2) is 7.47. The predicted octanol–water partition coefficient (Wildman–Crippen LogP) is 2.91. The fraction of sp³-hybridized carbons (Fsp3) is 0.278. The molecule has 3 rings (SSSR count). The summed E-state index contributed by atoms with van der Waals surface area (Å²) in [7, 11) is 0. The van der Waals surface area contributed by atoms with Crippen LogP contribution in [0.3, 0.4) is 0 Å². The number of nitrogens with one attached hydrogen (secondary N) is 1. The Labute approximate surface area is 148 Å². The minimum absolute atomic E-state index is 0.0660. The van der Waals surface area contributed by atoms with Crippen molar-refractivity contribution >= 4 is 23.3 Å². The van der Waals surface area contributed by atoms with E-state index < -0.39 is 6.61 Å². The van der Waals surface area contributed by atoms with Crippen molar-refractivity contribution in [2.75, 3.05) is 16.8 Å². The number of carbonyl (C=O) groups is 2. The molecule has 0 atom stereocenters. The number of nitrogens with zero attached hydrogens (tertiary/aromatic N) is 2. The van der Waals surface area contributed by atoms with Crippen molar-refractivity contribution in [3.63, 3.8) is 0 Å². The highest BCUT2D eigenvalue weighted by atomic mass is 19.3. The number of amides is 2. The molecule has 2 heterocycles. The summed E-state index contributed by atoms with van der Waals surface area (Å²) in [6.07, 6.45) is 2.21. The standard InChI is InChI=1S/C18H17F2N3O3/c1-11-8-14-17(21-9-11)23(10-15(24)22-14)16(25)7-4-12-2-5-13(6-3-12)26-18(19)20/h2-3,5-6,8-9,18H,4,7,10H2,1H3,(H,22,24). The van der Waals surface area contributed by atoms with E-state index in [9.17, 15) is 18.4 Å². The van der Waals surface area contributed by atoms with Gasteiger partial charge in [0.25, 0.3) is 0 Å². The van der Waals surface area contributed by atoms with E-state index in [1.807, 2.05) is 6.92 Å². The molecule has 6 nitrogen and oxygen atoms in total. The summed E-state index contributed by atoms with van der Waals surface area (Å²) in [6, 6.07) is 7.88. The Balaban J connectivity index is 1.66. The van der Waals surface area contributed by atoms with Gasteiger partial charge >= 0.3 is 6.61 Å². The Bertz CT molecular complexity index is 825. The fourth-order valence-corrected chi connectivity index (χ4v) is 2.71. The number of fused-ring (bicyclic) bond motifs is 1. The predicted molar refractivity (Wildman–Crippen MR) is 91.4 cm³/mol. The third-order valence-electron chi connectivity index (χ3n) is 3.91. The molecule has 2 amide bonds. The van der Waals surface area contributed by atoms with Crippen LogP contribution in [0, 0.1) is 6.92 Å². The van der Waals surface area contributed by atoms with Crippen molar-refractivity contribution < 1.29 is 23.1 Å². The number of pyridine rings is 1. The van der Waals surface area contributed by atoms with Gasteiger partial charge in [-0.05, 0) is 42.7 Å². The molecule has 1 aromatic carbocycles. The van der Waals surface area contributed by atoms with Gasteiger partial charge in [-0.1, -0.05) is 12.1 Å². The van der Waals surface area contributed by atoms with Crippen molar-refractivity contribution in [2.45, 2.75) is 26.4 Å². The second-order valence-electron chi connectivity index (χ2n) is 5.93. The maximum atomic E-state index is 12.6. The van der Waals surface area contributed by atoms with E-state index in [0.29, 0.717) is 17.9 Å². The third-order valence-corrected chi connectivity index (χ3v) is 3.91. The van der Waals surface area contributed by atoms with E-state index in [0.717, 1.165) is 11.1 Å². The number of carbonyl (C=O) groups excluding carboxylic acids is 2. The molecule has 0 unspecified atom stereocenters. The quantitative estimate of drug-likeness (QED) is 0.889. The lowest BCUT2D eigenvalue weighted by molar-refractivity contribution is -0.121. The van der Waals surface area contributed by atoms with Gasteiger partial charge in [-0.15, -0.1) is 0 Å². The summed E-state index contributed by atoms with van der Waals surface area (Å²) in [5.41, 5.74) is 2.20. The molecule has 2 aromatic rings. The smallest absolute Gasteiger partial charge is 0.387 e. The first kappa shape index (κ1) is 17.8. The summed E-state index contributed by atoms with van der Waals surface area (Å²) < 4.78 is 28.6. The van der Waals surface area contributed by atoms with Crippen molar-refractivity contribution in [3.05, 3.63) is 47.7 Å². The number of hydrogen-bond acceptors (Lipinski definition) is 4. The minimum Gasteiger partial charge on any atom is -0.435 e. The fourth-order valence-electron chi connectivity index (χ4n) is 2.71. The lowest BCUT2D eigenvalue weighted by Gasteiger charge is -2.28. The number of halogens is 2. The number of rotatable bonds is 5. The molecule has 0 radical (unpaired) electrons. The van der Waals surface area contributed by atoms with Gasteiger partial charge in [0.05, 0.1) is 5.69 Å². The number of benzene rings is 1. The van der Waals surface area contributed by atoms with E-state index in [2.05, 4.69) is 15.0 Å². The number of ether oxygens (including phenoxy) is 1. The number of alkyl halides is 2. The van der Waals surface area contributed by atoms with Crippen molar-refractivity contribution in [1.29, 1.82) is 0 Å². The van der Waals surface area contributed by atoms with Gasteiger partial charge in [0.15, 0.2) is 5.82 Å². The molecule has 1 N–H and O–H groups in total. The average molecular weight is 361 g/mol. The summed E-state index contributed by atoms with van der Waals surface area (Å²) in [6.45, 7) is -1.10. The molecular formula is C18H17F2N3O3. The number of aryl methyl sites for hydroxylation is 2. The molecule has 1 aliphatic heterocycles. The molecule has 1 aliphatic rings. The van der Waals surface area contributed by atoms with E-state index in [1.54, 1.807) is 24.4 Å². The van der Waals surface area contributed by atoms with Crippen molar-refractivity contribution in [3.8, 4) is 5.75 Å². The van der Waals surface area contributed by atoms with E-state index in [1.165, 1.54) is 17.0 Å². The maximum Gasteiger partial charge on any atom is 0.387 e. The molecule has 0 fully saturated rings. The Morgan fingerprint density at radius 1 is 1.35 bits per heavy atom. The van der Waals surface area contributed by atoms with Crippen LogP contribution in [-0.2, 0) is 16.0 Å². The van der Waals surface area contributed by atoms with Crippen LogP contribution in [0.1, 0.15) is 17.5 Å². The maximum absolute atomic E-state index is 12.6. The Morgan fingerprint density at radius 3 is 2.77 bits per heavy atom. The summed E-state index contributed by atoms with van der Waals surface area (Å²) in [5, 5.41) is 2.71. The van der Waals surface area contributed by atoms with Crippen molar-refractivity contribution in [1.82, 2.24) is 4.98 Å². The zero-order valence-corrected chi connectivity index (χ0v) is 14.0. The average Bonchev–Trinajstić information content (AvgIpc) is 2.59. The highest BCUT2D eigenvalue weighted by molar-refractivity contribution is 6.09. The van der Waals surface area contributed by atoms with Crippen LogP contribution < -0.4 is 15.0 Å².